The fraction of sp³-hybridized carbons (Fsp3) is 0.125. The number of halogens is 3. The van der Waals surface area contributed by atoms with Gasteiger partial charge in [-0.2, -0.15) is 0 Å². The molecule has 0 aromatic heterocycles. The van der Waals surface area contributed by atoms with Crippen LogP contribution in [0.25, 0.3) is 0 Å². The second kappa shape index (κ2) is 4.25. The van der Waals surface area contributed by atoms with Crippen LogP contribution in [0.15, 0.2) is 24.3 Å². The molecule has 7 heteroatoms. The second-order valence-electron chi connectivity index (χ2n) is 2.88. The summed E-state index contributed by atoms with van der Waals surface area (Å²) in [6, 6.07) is 5.53. The molecule has 0 saturated carbocycles. The van der Waals surface area contributed by atoms with Crippen LogP contribution in [0.5, 0.6) is 5.75 Å². The van der Waals surface area contributed by atoms with Gasteiger partial charge in [0.2, 0.25) is 0 Å². The van der Waals surface area contributed by atoms with E-state index in [1.54, 1.807) is 0 Å². The van der Waals surface area contributed by atoms with Crippen molar-refractivity contribution >= 4 is 12.9 Å². The molecule has 1 rings (SSSR count). The Morgan fingerprint density at radius 1 is 1.33 bits per heavy atom. The van der Waals surface area contributed by atoms with Crippen molar-refractivity contribution in [1.82, 2.24) is 0 Å². The summed E-state index contributed by atoms with van der Waals surface area (Å²) < 4.78 is 40.2. The maximum absolute atomic E-state index is 11.9. The molecule has 0 unspecified atom stereocenters. The number of benzene rings is 1. The predicted molar refractivity (Wildman–Crippen MR) is 49.5 cm³/mol. The zero-order valence-electron chi connectivity index (χ0n) is 7.62. The van der Waals surface area contributed by atoms with Crippen molar-refractivity contribution in [1.29, 1.82) is 0 Å². The first-order chi connectivity index (χ1) is 6.90. The molecule has 0 saturated heterocycles. The first-order valence-electron chi connectivity index (χ1n) is 4.13. The lowest BCUT2D eigenvalue weighted by atomic mass is 9.95. The summed E-state index contributed by atoms with van der Waals surface area (Å²) in [4.78, 5) is 10.8. The summed E-state index contributed by atoms with van der Waals surface area (Å²) in [5.74, 6) is -0.968. The minimum atomic E-state index is -5.04. The van der Waals surface area contributed by atoms with Gasteiger partial charge in [-0.15, -0.1) is 0 Å². The van der Waals surface area contributed by atoms with E-state index in [1.807, 2.05) is 0 Å². The SMILES string of the molecule is NC(=O)c1ccccc1OC[B-](F)(F)F. The van der Waals surface area contributed by atoms with Crippen LogP contribution in [0.3, 0.4) is 0 Å². The molecule has 0 spiro atoms. The van der Waals surface area contributed by atoms with Crippen molar-refractivity contribution in [2.75, 3.05) is 6.51 Å². The average Bonchev–Trinajstić information content (AvgIpc) is 2.14. The molecule has 0 heterocycles. The summed E-state index contributed by atoms with van der Waals surface area (Å²) in [6.07, 6.45) is 0. The van der Waals surface area contributed by atoms with Crippen LogP contribution in [0.4, 0.5) is 12.9 Å². The van der Waals surface area contributed by atoms with Crippen molar-refractivity contribution in [2.24, 2.45) is 5.73 Å². The maximum Gasteiger partial charge on any atom is 0.515 e. The highest BCUT2D eigenvalue weighted by atomic mass is 19.4. The van der Waals surface area contributed by atoms with Gasteiger partial charge in [0.15, 0.2) is 0 Å². The van der Waals surface area contributed by atoms with Gasteiger partial charge < -0.3 is 23.4 Å². The molecule has 0 radical (unpaired) electrons. The van der Waals surface area contributed by atoms with Crippen LogP contribution in [0.2, 0.25) is 0 Å². The topological polar surface area (TPSA) is 52.3 Å². The third-order valence-electron chi connectivity index (χ3n) is 1.58. The highest BCUT2D eigenvalue weighted by Gasteiger charge is 2.24. The van der Waals surface area contributed by atoms with Crippen molar-refractivity contribution < 1.29 is 22.5 Å². The van der Waals surface area contributed by atoms with E-state index >= 15 is 0 Å². The fourth-order valence-electron chi connectivity index (χ4n) is 0.980. The van der Waals surface area contributed by atoms with Crippen LogP contribution in [-0.2, 0) is 0 Å². The van der Waals surface area contributed by atoms with Crippen molar-refractivity contribution in [3.63, 3.8) is 0 Å². The Hall–Kier alpha value is -1.66. The number of hydrogen-bond donors (Lipinski definition) is 1. The number of para-hydroxylation sites is 1. The molecule has 0 atom stereocenters. The van der Waals surface area contributed by atoms with Gasteiger partial charge in [0.05, 0.1) is 12.1 Å². The Morgan fingerprint density at radius 2 is 1.93 bits per heavy atom. The molecule has 15 heavy (non-hydrogen) atoms. The first kappa shape index (κ1) is 11.4. The number of hydrogen-bond acceptors (Lipinski definition) is 2. The minimum absolute atomic E-state index is 0.0578. The standard InChI is InChI=1S/C8H8BF3NO2/c10-9(11,12)5-15-7-4-2-1-3-6(7)8(13)14/h1-4H,5H2,(H2,13,14)/q-1. The van der Waals surface area contributed by atoms with Gasteiger partial charge in [0.25, 0.3) is 5.91 Å². The van der Waals surface area contributed by atoms with E-state index in [0.29, 0.717) is 0 Å². The monoisotopic (exact) mass is 218 g/mol. The number of primary amides is 1. The van der Waals surface area contributed by atoms with Crippen molar-refractivity contribution in [2.45, 2.75) is 0 Å². The van der Waals surface area contributed by atoms with Crippen LogP contribution < -0.4 is 10.5 Å². The lowest BCUT2D eigenvalue weighted by Gasteiger charge is -2.16. The lowest BCUT2D eigenvalue weighted by molar-refractivity contribution is 0.0996. The zero-order valence-corrected chi connectivity index (χ0v) is 7.62. The van der Waals surface area contributed by atoms with E-state index in [4.69, 9.17) is 5.73 Å². The Kier molecular flexibility index (Phi) is 3.23. The molecule has 1 aromatic carbocycles. The van der Waals surface area contributed by atoms with Gasteiger partial charge in [0, 0.05) is 0 Å². The Bertz CT molecular complexity index is 367. The van der Waals surface area contributed by atoms with E-state index in [2.05, 4.69) is 4.74 Å². The summed E-state index contributed by atoms with van der Waals surface area (Å²) in [5, 5.41) is 0. The summed E-state index contributed by atoms with van der Waals surface area (Å²) in [6.45, 7) is -6.42. The number of nitrogens with two attached hydrogens (primary N) is 1. The van der Waals surface area contributed by atoms with Crippen molar-refractivity contribution in [3.05, 3.63) is 29.8 Å². The summed E-state index contributed by atoms with van der Waals surface area (Å²) in [7, 11) is 0. The molecular weight excluding hydrogens is 210 g/mol. The minimum Gasteiger partial charge on any atom is -0.521 e. The Labute approximate surface area is 84.1 Å². The summed E-state index contributed by atoms with van der Waals surface area (Å²) in [5.41, 5.74) is 4.90. The van der Waals surface area contributed by atoms with Gasteiger partial charge in [-0.3, -0.25) is 4.79 Å². The molecule has 3 nitrogen and oxygen atoms in total. The van der Waals surface area contributed by atoms with E-state index in [-0.39, 0.29) is 11.3 Å². The third-order valence-corrected chi connectivity index (χ3v) is 1.58. The van der Waals surface area contributed by atoms with E-state index in [1.165, 1.54) is 24.3 Å². The van der Waals surface area contributed by atoms with E-state index in [9.17, 15) is 17.7 Å². The number of rotatable bonds is 4. The molecule has 0 bridgehead atoms. The van der Waals surface area contributed by atoms with E-state index in [0.717, 1.165) is 0 Å². The second-order valence-corrected chi connectivity index (χ2v) is 2.88. The summed E-state index contributed by atoms with van der Waals surface area (Å²) >= 11 is 0. The van der Waals surface area contributed by atoms with Gasteiger partial charge in [-0.25, -0.2) is 0 Å². The smallest absolute Gasteiger partial charge is 0.515 e. The molecule has 82 valence electrons. The van der Waals surface area contributed by atoms with E-state index < -0.39 is 19.4 Å². The van der Waals surface area contributed by atoms with Crippen LogP contribution >= 0.6 is 0 Å². The van der Waals surface area contributed by atoms with Crippen molar-refractivity contribution in [3.8, 4) is 5.75 Å². The highest BCUT2D eigenvalue weighted by Crippen LogP contribution is 2.19. The molecule has 2 N–H and O–H groups in total. The molecular formula is C8H8BF3NO2-. The highest BCUT2D eigenvalue weighted by molar-refractivity contribution is 6.58. The van der Waals surface area contributed by atoms with Crippen LogP contribution in [0.1, 0.15) is 10.4 Å². The predicted octanol–water partition coefficient (Wildman–Crippen LogP) is 1.55. The quantitative estimate of drug-likeness (QED) is 0.779. The zero-order chi connectivity index (χ0) is 11.5. The number of carbonyl (C=O) groups excluding carboxylic acids is 1. The Balaban J connectivity index is 2.81. The molecule has 0 aliphatic carbocycles. The van der Waals surface area contributed by atoms with Gasteiger partial charge in [-0.1, -0.05) is 12.1 Å². The largest absolute Gasteiger partial charge is 0.521 e. The number of carbonyl (C=O) groups is 1. The van der Waals surface area contributed by atoms with Crippen LogP contribution in [0, 0.1) is 0 Å². The molecule has 1 amide bonds. The maximum atomic E-state index is 11.9. The fourth-order valence-corrected chi connectivity index (χ4v) is 0.980. The third kappa shape index (κ3) is 3.53. The van der Waals surface area contributed by atoms with Gasteiger partial charge in [0.1, 0.15) is 5.75 Å². The molecule has 1 aromatic rings. The number of amides is 1. The normalized spacial score (nSPS) is 11.1. The molecule has 0 aliphatic heterocycles. The average molecular weight is 218 g/mol. The lowest BCUT2D eigenvalue weighted by Crippen LogP contribution is -2.27. The first-order valence-corrected chi connectivity index (χ1v) is 4.13. The number of ether oxygens (including phenoxy) is 1. The molecule has 0 aliphatic rings. The van der Waals surface area contributed by atoms with Gasteiger partial charge >= 0.3 is 6.98 Å². The molecule has 0 fully saturated rings. The van der Waals surface area contributed by atoms with Gasteiger partial charge in [-0.05, 0) is 12.1 Å². The van der Waals surface area contributed by atoms with Crippen LogP contribution in [-0.4, -0.2) is 19.4 Å². The Morgan fingerprint density at radius 3 is 2.47 bits per heavy atom.